The molecule has 0 radical (unpaired) electrons. The molecule has 1 rings (SSSR count). The van der Waals surface area contributed by atoms with Gasteiger partial charge >= 0.3 is 0 Å². The van der Waals surface area contributed by atoms with Crippen molar-refractivity contribution in [2.75, 3.05) is 13.7 Å². The van der Waals surface area contributed by atoms with Gasteiger partial charge < -0.3 is 10.1 Å². The summed E-state index contributed by atoms with van der Waals surface area (Å²) in [4.78, 5) is 0. The van der Waals surface area contributed by atoms with Gasteiger partial charge in [0.1, 0.15) is 5.75 Å². The van der Waals surface area contributed by atoms with Gasteiger partial charge in [-0.25, -0.2) is 0 Å². The quantitative estimate of drug-likeness (QED) is 0.773. The van der Waals surface area contributed by atoms with Crippen LogP contribution in [0, 0.1) is 0 Å². The molecular weight excluding hydrogens is 186 g/mol. The van der Waals surface area contributed by atoms with E-state index in [4.69, 9.17) is 4.74 Å². The van der Waals surface area contributed by atoms with Crippen LogP contribution in [0.3, 0.4) is 0 Å². The van der Waals surface area contributed by atoms with E-state index < -0.39 is 0 Å². The van der Waals surface area contributed by atoms with E-state index in [1.54, 1.807) is 7.11 Å². The molecule has 0 aliphatic heterocycles. The molecule has 1 N–H and O–H groups in total. The SMILES string of the molecule is CCCN[C@H](CC)c1ccc(OC)cc1. The van der Waals surface area contributed by atoms with Gasteiger partial charge in [-0.3, -0.25) is 0 Å². The van der Waals surface area contributed by atoms with Crippen LogP contribution in [0.1, 0.15) is 38.3 Å². The highest BCUT2D eigenvalue weighted by Crippen LogP contribution is 2.19. The zero-order valence-electron chi connectivity index (χ0n) is 9.92. The van der Waals surface area contributed by atoms with Crippen molar-refractivity contribution in [2.24, 2.45) is 0 Å². The number of rotatable bonds is 6. The lowest BCUT2D eigenvalue weighted by atomic mass is 10.0. The Hall–Kier alpha value is -1.02. The number of methoxy groups -OCH3 is 1. The zero-order valence-corrected chi connectivity index (χ0v) is 9.92. The molecule has 84 valence electrons. The van der Waals surface area contributed by atoms with Gasteiger partial charge in [-0.2, -0.15) is 0 Å². The summed E-state index contributed by atoms with van der Waals surface area (Å²) in [6, 6.07) is 8.78. The molecule has 0 unspecified atom stereocenters. The van der Waals surface area contributed by atoms with Crippen molar-refractivity contribution in [3.05, 3.63) is 29.8 Å². The molecule has 0 aliphatic carbocycles. The second-order valence-corrected chi connectivity index (χ2v) is 3.69. The molecule has 0 spiro atoms. The van der Waals surface area contributed by atoms with E-state index in [2.05, 4.69) is 31.3 Å². The number of ether oxygens (including phenoxy) is 1. The summed E-state index contributed by atoms with van der Waals surface area (Å²) in [6.07, 6.45) is 2.29. The van der Waals surface area contributed by atoms with E-state index in [0.717, 1.165) is 18.7 Å². The monoisotopic (exact) mass is 207 g/mol. The van der Waals surface area contributed by atoms with Gasteiger partial charge in [-0.05, 0) is 37.1 Å². The maximum atomic E-state index is 5.14. The number of hydrogen-bond donors (Lipinski definition) is 1. The molecule has 0 saturated heterocycles. The predicted molar refractivity (Wildman–Crippen MR) is 64.3 cm³/mol. The van der Waals surface area contributed by atoms with Crippen molar-refractivity contribution >= 4 is 0 Å². The molecule has 1 aromatic carbocycles. The van der Waals surface area contributed by atoms with Crippen LogP contribution in [0.5, 0.6) is 5.75 Å². The van der Waals surface area contributed by atoms with E-state index in [-0.39, 0.29) is 0 Å². The molecule has 2 heteroatoms. The second-order valence-electron chi connectivity index (χ2n) is 3.69. The van der Waals surface area contributed by atoms with Gasteiger partial charge in [0.15, 0.2) is 0 Å². The normalized spacial score (nSPS) is 12.5. The van der Waals surface area contributed by atoms with E-state index >= 15 is 0 Å². The van der Waals surface area contributed by atoms with Gasteiger partial charge in [0, 0.05) is 6.04 Å². The number of hydrogen-bond acceptors (Lipinski definition) is 2. The number of nitrogens with one attached hydrogen (secondary N) is 1. The molecule has 0 amide bonds. The third-order valence-electron chi connectivity index (χ3n) is 2.57. The summed E-state index contributed by atoms with van der Waals surface area (Å²) in [5.74, 6) is 0.920. The Morgan fingerprint density at radius 1 is 1.20 bits per heavy atom. The maximum Gasteiger partial charge on any atom is 0.118 e. The summed E-state index contributed by atoms with van der Waals surface area (Å²) in [7, 11) is 1.70. The van der Waals surface area contributed by atoms with Crippen LogP contribution < -0.4 is 10.1 Å². The average molecular weight is 207 g/mol. The fraction of sp³-hybridized carbons (Fsp3) is 0.538. The van der Waals surface area contributed by atoms with Crippen LogP contribution in [0.2, 0.25) is 0 Å². The molecule has 0 heterocycles. The summed E-state index contributed by atoms with van der Waals surface area (Å²) in [5.41, 5.74) is 1.34. The topological polar surface area (TPSA) is 21.3 Å². The van der Waals surface area contributed by atoms with Gasteiger partial charge in [0.2, 0.25) is 0 Å². The largest absolute Gasteiger partial charge is 0.497 e. The average Bonchev–Trinajstić information content (AvgIpc) is 2.31. The van der Waals surface area contributed by atoms with Crippen LogP contribution in [0.25, 0.3) is 0 Å². The lowest BCUT2D eigenvalue weighted by molar-refractivity contribution is 0.414. The molecular formula is C13H21NO. The van der Waals surface area contributed by atoms with Crippen molar-refractivity contribution < 1.29 is 4.74 Å². The predicted octanol–water partition coefficient (Wildman–Crippen LogP) is 3.15. The molecule has 0 aliphatic rings. The third-order valence-corrected chi connectivity index (χ3v) is 2.57. The first kappa shape index (κ1) is 12.1. The minimum Gasteiger partial charge on any atom is -0.497 e. The zero-order chi connectivity index (χ0) is 11.1. The van der Waals surface area contributed by atoms with Crippen LogP contribution in [0.4, 0.5) is 0 Å². The van der Waals surface area contributed by atoms with Crippen LogP contribution in [-0.2, 0) is 0 Å². The summed E-state index contributed by atoms with van der Waals surface area (Å²) < 4.78 is 5.14. The fourth-order valence-electron chi connectivity index (χ4n) is 1.65. The summed E-state index contributed by atoms with van der Waals surface area (Å²) >= 11 is 0. The van der Waals surface area contributed by atoms with Gasteiger partial charge in [0.05, 0.1) is 7.11 Å². The first-order valence-electron chi connectivity index (χ1n) is 5.69. The lowest BCUT2D eigenvalue weighted by Crippen LogP contribution is -2.21. The third kappa shape index (κ3) is 3.56. The van der Waals surface area contributed by atoms with Crippen LogP contribution >= 0.6 is 0 Å². The lowest BCUT2D eigenvalue weighted by Gasteiger charge is -2.17. The smallest absolute Gasteiger partial charge is 0.118 e. The Kier molecular flexibility index (Phi) is 5.19. The molecule has 0 saturated carbocycles. The first-order valence-corrected chi connectivity index (χ1v) is 5.69. The Morgan fingerprint density at radius 2 is 1.87 bits per heavy atom. The maximum absolute atomic E-state index is 5.14. The molecule has 1 atom stereocenters. The van der Waals surface area contributed by atoms with Crippen molar-refractivity contribution in [2.45, 2.75) is 32.7 Å². The Bertz CT molecular complexity index is 268. The molecule has 15 heavy (non-hydrogen) atoms. The van der Waals surface area contributed by atoms with Crippen LogP contribution in [0.15, 0.2) is 24.3 Å². The van der Waals surface area contributed by atoms with Crippen molar-refractivity contribution in [3.63, 3.8) is 0 Å². The second kappa shape index (κ2) is 6.46. The Balaban J connectivity index is 2.65. The van der Waals surface area contributed by atoms with E-state index in [0.29, 0.717) is 6.04 Å². The highest BCUT2D eigenvalue weighted by atomic mass is 16.5. The summed E-state index contributed by atoms with van der Waals surface area (Å²) in [5, 5.41) is 3.53. The van der Waals surface area contributed by atoms with Crippen molar-refractivity contribution in [1.82, 2.24) is 5.32 Å². The van der Waals surface area contributed by atoms with Crippen molar-refractivity contribution in [3.8, 4) is 5.75 Å². The number of benzene rings is 1. The minimum absolute atomic E-state index is 0.468. The van der Waals surface area contributed by atoms with E-state index in [1.807, 2.05) is 12.1 Å². The summed E-state index contributed by atoms with van der Waals surface area (Å²) in [6.45, 7) is 5.47. The molecule has 2 nitrogen and oxygen atoms in total. The fourth-order valence-corrected chi connectivity index (χ4v) is 1.65. The highest BCUT2D eigenvalue weighted by molar-refractivity contribution is 5.29. The highest BCUT2D eigenvalue weighted by Gasteiger charge is 2.07. The minimum atomic E-state index is 0.468. The van der Waals surface area contributed by atoms with Gasteiger partial charge in [-0.15, -0.1) is 0 Å². The van der Waals surface area contributed by atoms with E-state index in [1.165, 1.54) is 12.0 Å². The van der Waals surface area contributed by atoms with Gasteiger partial charge in [-0.1, -0.05) is 26.0 Å². The molecule has 0 fully saturated rings. The van der Waals surface area contributed by atoms with Crippen molar-refractivity contribution in [1.29, 1.82) is 0 Å². The van der Waals surface area contributed by atoms with E-state index in [9.17, 15) is 0 Å². The molecule has 1 aromatic rings. The Labute approximate surface area is 92.6 Å². The van der Waals surface area contributed by atoms with Crippen LogP contribution in [-0.4, -0.2) is 13.7 Å². The molecule has 0 aromatic heterocycles. The molecule has 0 bridgehead atoms. The first-order chi connectivity index (χ1) is 7.31. The van der Waals surface area contributed by atoms with Gasteiger partial charge in [0.25, 0.3) is 0 Å². The Morgan fingerprint density at radius 3 is 2.33 bits per heavy atom. The standard InChI is InChI=1S/C13H21NO/c1-4-10-14-13(5-2)11-6-8-12(15-3)9-7-11/h6-9,13-14H,4-5,10H2,1-3H3/t13-/m1/s1.